The molecule has 144 valence electrons. The van der Waals surface area contributed by atoms with Crippen LogP contribution in [0.2, 0.25) is 5.02 Å². The maximum absolute atomic E-state index is 12.6. The number of hydrogen-bond donors (Lipinski definition) is 1. The minimum Gasteiger partial charge on any atom is -0.354 e. The summed E-state index contributed by atoms with van der Waals surface area (Å²) in [6.07, 6.45) is 7.01. The zero-order valence-electron chi connectivity index (χ0n) is 15.3. The molecule has 3 heterocycles. The van der Waals surface area contributed by atoms with Gasteiger partial charge in [-0.2, -0.15) is 0 Å². The van der Waals surface area contributed by atoms with Gasteiger partial charge in [0.05, 0.1) is 5.92 Å². The molecule has 0 radical (unpaired) electrons. The Morgan fingerprint density at radius 2 is 2.00 bits per heavy atom. The van der Waals surface area contributed by atoms with Gasteiger partial charge in [-0.05, 0) is 36.6 Å². The van der Waals surface area contributed by atoms with Crippen molar-refractivity contribution in [2.75, 3.05) is 18.0 Å². The Labute approximate surface area is 168 Å². The standard InChI is InChI=1S/C20H21ClN6O/c21-17-6-2-1-4-15(17)12-23-20(28)16-5-3-10-26(13-16)18-7-8-19(25-24-18)27-11-9-22-14-27/h1-2,4,6-9,11,14,16H,3,5,10,12-13H2,(H,23,28). The average molecular weight is 397 g/mol. The molecule has 0 spiro atoms. The van der Waals surface area contributed by atoms with Gasteiger partial charge in [0, 0.05) is 37.1 Å². The van der Waals surface area contributed by atoms with Crippen LogP contribution in [-0.4, -0.2) is 38.7 Å². The molecule has 0 bridgehead atoms. The fourth-order valence-corrected chi connectivity index (χ4v) is 3.59. The molecule has 3 aromatic rings. The number of carbonyl (C=O) groups excluding carboxylic acids is 1. The van der Waals surface area contributed by atoms with Crippen molar-refractivity contribution in [3.8, 4) is 5.82 Å². The first-order valence-electron chi connectivity index (χ1n) is 9.29. The predicted molar refractivity (Wildman–Crippen MR) is 107 cm³/mol. The monoisotopic (exact) mass is 396 g/mol. The maximum Gasteiger partial charge on any atom is 0.225 e. The van der Waals surface area contributed by atoms with Crippen LogP contribution in [0, 0.1) is 5.92 Å². The second kappa shape index (κ2) is 8.39. The maximum atomic E-state index is 12.6. The van der Waals surface area contributed by atoms with Crippen molar-refractivity contribution in [3.63, 3.8) is 0 Å². The van der Waals surface area contributed by atoms with E-state index in [1.54, 1.807) is 17.1 Å². The molecule has 7 nitrogen and oxygen atoms in total. The molecule has 1 aromatic carbocycles. The number of carbonyl (C=O) groups is 1. The van der Waals surface area contributed by atoms with Crippen LogP contribution in [0.5, 0.6) is 0 Å². The number of amides is 1. The second-order valence-corrected chi connectivity index (χ2v) is 7.22. The van der Waals surface area contributed by atoms with Crippen LogP contribution in [0.15, 0.2) is 55.1 Å². The summed E-state index contributed by atoms with van der Waals surface area (Å²) in [5, 5.41) is 12.3. The van der Waals surface area contributed by atoms with E-state index in [4.69, 9.17) is 11.6 Å². The number of anilines is 1. The first-order valence-corrected chi connectivity index (χ1v) is 9.66. The topological polar surface area (TPSA) is 75.9 Å². The Balaban J connectivity index is 1.37. The normalized spacial score (nSPS) is 16.8. The van der Waals surface area contributed by atoms with Crippen LogP contribution in [0.25, 0.3) is 5.82 Å². The first kappa shape index (κ1) is 18.4. The summed E-state index contributed by atoms with van der Waals surface area (Å²) >= 11 is 6.17. The number of rotatable bonds is 5. The summed E-state index contributed by atoms with van der Waals surface area (Å²) in [5.74, 6) is 1.47. The van der Waals surface area contributed by atoms with Crippen molar-refractivity contribution < 1.29 is 4.79 Å². The van der Waals surface area contributed by atoms with E-state index in [1.807, 2.05) is 42.6 Å². The van der Waals surface area contributed by atoms with Gasteiger partial charge in [-0.25, -0.2) is 4.98 Å². The molecule has 4 rings (SSSR count). The molecule has 1 atom stereocenters. The molecule has 1 aliphatic heterocycles. The molecule has 1 unspecified atom stereocenters. The SMILES string of the molecule is O=C(NCc1ccccc1Cl)C1CCCN(c2ccc(-n3ccnc3)nn2)C1. The summed E-state index contributed by atoms with van der Waals surface area (Å²) in [6, 6.07) is 11.4. The molecule has 2 aromatic heterocycles. The average Bonchev–Trinajstić information content (AvgIpc) is 3.28. The third-order valence-corrected chi connectivity index (χ3v) is 5.30. The van der Waals surface area contributed by atoms with Crippen LogP contribution >= 0.6 is 11.6 Å². The van der Waals surface area contributed by atoms with Crippen LogP contribution in [-0.2, 0) is 11.3 Å². The molecule has 8 heteroatoms. The fraction of sp³-hybridized carbons (Fsp3) is 0.300. The van der Waals surface area contributed by atoms with E-state index in [0.29, 0.717) is 23.9 Å². The van der Waals surface area contributed by atoms with Crippen LogP contribution in [0.1, 0.15) is 18.4 Å². The van der Waals surface area contributed by atoms with Crippen molar-refractivity contribution in [2.24, 2.45) is 5.92 Å². The number of imidazole rings is 1. The Morgan fingerprint density at radius 3 is 2.75 bits per heavy atom. The van der Waals surface area contributed by atoms with Crippen molar-refractivity contribution >= 4 is 23.3 Å². The zero-order valence-corrected chi connectivity index (χ0v) is 16.1. The number of nitrogens with zero attached hydrogens (tertiary/aromatic N) is 5. The highest BCUT2D eigenvalue weighted by Gasteiger charge is 2.26. The largest absolute Gasteiger partial charge is 0.354 e. The van der Waals surface area contributed by atoms with Gasteiger partial charge < -0.3 is 10.2 Å². The summed E-state index contributed by atoms with van der Waals surface area (Å²) < 4.78 is 1.80. The number of aromatic nitrogens is 4. The number of nitrogens with one attached hydrogen (secondary N) is 1. The smallest absolute Gasteiger partial charge is 0.225 e. The summed E-state index contributed by atoms with van der Waals surface area (Å²) in [6.45, 7) is 1.94. The number of piperidine rings is 1. The zero-order chi connectivity index (χ0) is 19.3. The van der Waals surface area contributed by atoms with Gasteiger partial charge in [0.1, 0.15) is 6.33 Å². The Morgan fingerprint density at radius 1 is 1.18 bits per heavy atom. The quantitative estimate of drug-likeness (QED) is 0.717. The summed E-state index contributed by atoms with van der Waals surface area (Å²) in [7, 11) is 0. The second-order valence-electron chi connectivity index (χ2n) is 6.81. The Bertz CT molecular complexity index is 928. The lowest BCUT2D eigenvalue weighted by molar-refractivity contribution is -0.125. The van der Waals surface area contributed by atoms with Crippen LogP contribution in [0.3, 0.4) is 0 Å². The van der Waals surface area contributed by atoms with E-state index in [1.165, 1.54) is 0 Å². The Kier molecular flexibility index (Phi) is 5.53. The Hall–Kier alpha value is -2.93. The van der Waals surface area contributed by atoms with Gasteiger partial charge in [0.2, 0.25) is 5.91 Å². The van der Waals surface area contributed by atoms with E-state index >= 15 is 0 Å². The van der Waals surface area contributed by atoms with E-state index in [0.717, 1.165) is 30.8 Å². The number of halogens is 1. The highest BCUT2D eigenvalue weighted by atomic mass is 35.5. The minimum absolute atomic E-state index is 0.0487. The van der Waals surface area contributed by atoms with Gasteiger partial charge >= 0.3 is 0 Å². The van der Waals surface area contributed by atoms with Crippen molar-refractivity contribution in [3.05, 3.63) is 65.7 Å². The third kappa shape index (κ3) is 4.14. The van der Waals surface area contributed by atoms with Crippen molar-refractivity contribution in [2.45, 2.75) is 19.4 Å². The van der Waals surface area contributed by atoms with Crippen LogP contribution < -0.4 is 10.2 Å². The van der Waals surface area contributed by atoms with Gasteiger partial charge in [-0.15, -0.1) is 10.2 Å². The van der Waals surface area contributed by atoms with Gasteiger partial charge in [-0.3, -0.25) is 9.36 Å². The van der Waals surface area contributed by atoms with E-state index in [2.05, 4.69) is 25.4 Å². The molecule has 1 saturated heterocycles. The third-order valence-electron chi connectivity index (χ3n) is 4.93. The lowest BCUT2D eigenvalue weighted by atomic mass is 9.97. The molecule has 1 aliphatic rings. The highest BCUT2D eigenvalue weighted by molar-refractivity contribution is 6.31. The van der Waals surface area contributed by atoms with Gasteiger partial charge in [0.25, 0.3) is 0 Å². The molecule has 1 fully saturated rings. The molecule has 1 amide bonds. The number of hydrogen-bond acceptors (Lipinski definition) is 5. The van der Waals surface area contributed by atoms with Gasteiger partial charge in [0.15, 0.2) is 11.6 Å². The van der Waals surface area contributed by atoms with E-state index < -0.39 is 0 Å². The van der Waals surface area contributed by atoms with E-state index in [-0.39, 0.29) is 11.8 Å². The molecular formula is C20H21ClN6O. The molecule has 1 N–H and O–H groups in total. The highest BCUT2D eigenvalue weighted by Crippen LogP contribution is 2.22. The summed E-state index contributed by atoms with van der Waals surface area (Å²) in [5.41, 5.74) is 0.922. The lowest BCUT2D eigenvalue weighted by Crippen LogP contribution is -2.43. The molecule has 28 heavy (non-hydrogen) atoms. The first-order chi connectivity index (χ1) is 13.7. The van der Waals surface area contributed by atoms with Crippen molar-refractivity contribution in [1.82, 2.24) is 25.1 Å². The molecular weight excluding hydrogens is 376 g/mol. The van der Waals surface area contributed by atoms with Crippen LogP contribution in [0.4, 0.5) is 5.82 Å². The van der Waals surface area contributed by atoms with Crippen molar-refractivity contribution in [1.29, 1.82) is 0 Å². The molecule has 0 aliphatic carbocycles. The fourth-order valence-electron chi connectivity index (χ4n) is 3.39. The van der Waals surface area contributed by atoms with E-state index in [9.17, 15) is 4.79 Å². The summed E-state index contributed by atoms with van der Waals surface area (Å²) in [4.78, 5) is 18.8. The number of benzene rings is 1. The van der Waals surface area contributed by atoms with Gasteiger partial charge in [-0.1, -0.05) is 29.8 Å². The minimum atomic E-state index is -0.0774. The molecule has 0 saturated carbocycles. The predicted octanol–water partition coefficient (Wildman–Crippen LogP) is 2.85. The lowest BCUT2D eigenvalue weighted by Gasteiger charge is -2.32.